The largest absolute Gasteiger partial charge is 0.505 e. The van der Waals surface area contributed by atoms with Crippen molar-refractivity contribution in [2.75, 3.05) is 19.4 Å². The van der Waals surface area contributed by atoms with E-state index >= 15 is 0 Å². The Morgan fingerprint density at radius 2 is 1.72 bits per heavy atom. The second-order valence-electron chi connectivity index (χ2n) is 6.93. The number of rotatable bonds is 4. The number of hydrogen-bond donors (Lipinski definition) is 4. The van der Waals surface area contributed by atoms with Gasteiger partial charge >= 0.3 is 0 Å². The Balaban J connectivity index is 2.43. The van der Waals surface area contributed by atoms with E-state index in [1.54, 1.807) is 20.2 Å². The number of phenolic OH excluding ortho intramolecular Hbond substituents is 1. The summed E-state index contributed by atoms with van der Waals surface area (Å²) in [5.74, 6) is -1.84. The molecule has 1 heterocycles. The summed E-state index contributed by atoms with van der Waals surface area (Å²) in [7, 11) is 3.14. The Hall–Kier alpha value is -3.03. The summed E-state index contributed by atoms with van der Waals surface area (Å²) in [6.07, 6.45) is 0. The molecular weight excluding hydrogens is 324 g/mol. The molecule has 0 atom stereocenters. The molecule has 0 aliphatic carbocycles. The predicted molar refractivity (Wildman–Crippen MR) is 92.8 cm³/mol. The number of carbonyl (C=O) groups is 3. The second-order valence-corrected chi connectivity index (χ2v) is 6.93. The highest BCUT2D eigenvalue weighted by Gasteiger charge is 2.33. The summed E-state index contributed by atoms with van der Waals surface area (Å²) >= 11 is 0. The van der Waals surface area contributed by atoms with Crippen LogP contribution in [0.15, 0.2) is 29.6 Å². The highest BCUT2D eigenvalue weighted by atomic mass is 16.3. The lowest BCUT2D eigenvalue weighted by atomic mass is 10.1. The molecule has 0 bridgehead atoms. The number of carbonyl (C=O) groups excluding carboxylic acids is 3. The second kappa shape index (κ2) is 6.46. The van der Waals surface area contributed by atoms with Gasteiger partial charge in [0.15, 0.2) is 5.75 Å². The zero-order valence-corrected chi connectivity index (χ0v) is 14.9. The van der Waals surface area contributed by atoms with Crippen LogP contribution < -0.4 is 16.0 Å². The molecule has 1 aliphatic rings. The third-order valence-electron chi connectivity index (χ3n) is 3.36. The van der Waals surface area contributed by atoms with Gasteiger partial charge in [0.05, 0.1) is 11.3 Å². The fourth-order valence-corrected chi connectivity index (χ4v) is 2.26. The molecule has 8 nitrogen and oxygen atoms in total. The lowest BCUT2D eigenvalue weighted by molar-refractivity contribution is -0.124. The number of phenols is 1. The molecule has 8 heteroatoms. The summed E-state index contributed by atoms with van der Waals surface area (Å²) in [5.41, 5.74) is -0.132. The van der Waals surface area contributed by atoms with Gasteiger partial charge in [0, 0.05) is 19.6 Å². The quantitative estimate of drug-likeness (QED) is 0.473. The minimum Gasteiger partial charge on any atom is -0.505 e. The van der Waals surface area contributed by atoms with Crippen LogP contribution in [0.2, 0.25) is 0 Å². The van der Waals surface area contributed by atoms with Crippen molar-refractivity contribution >= 4 is 23.4 Å². The van der Waals surface area contributed by atoms with E-state index < -0.39 is 17.4 Å². The van der Waals surface area contributed by atoms with Gasteiger partial charge in [-0.15, -0.1) is 0 Å². The fraction of sp³-hybridized carbons (Fsp3) is 0.353. The molecule has 2 rings (SSSR count). The van der Waals surface area contributed by atoms with Crippen LogP contribution in [0.3, 0.4) is 0 Å². The maximum Gasteiger partial charge on any atom is 0.276 e. The number of aromatic hydroxyl groups is 1. The maximum absolute atomic E-state index is 12.1. The van der Waals surface area contributed by atoms with Crippen molar-refractivity contribution in [1.29, 1.82) is 0 Å². The molecule has 0 fully saturated rings. The van der Waals surface area contributed by atoms with Crippen LogP contribution >= 0.6 is 0 Å². The van der Waals surface area contributed by atoms with Crippen LogP contribution in [0.5, 0.6) is 5.75 Å². The summed E-state index contributed by atoms with van der Waals surface area (Å²) in [6, 6.07) is 4.57. The third kappa shape index (κ3) is 3.90. The van der Waals surface area contributed by atoms with Gasteiger partial charge in [-0.2, -0.15) is 0 Å². The molecule has 4 N–H and O–H groups in total. The van der Waals surface area contributed by atoms with E-state index in [2.05, 4.69) is 16.0 Å². The SMILES string of the molecule is CN(C)C(=O)c1cccc(NC2=C(NC(C)(C)C)C(=O)NC2=O)c1O. The van der Waals surface area contributed by atoms with Crippen LogP contribution in [-0.2, 0) is 9.59 Å². The lowest BCUT2D eigenvalue weighted by Crippen LogP contribution is -2.39. The first-order valence-electron chi connectivity index (χ1n) is 7.70. The predicted octanol–water partition coefficient (Wildman–Crippen LogP) is 0.762. The maximum atomic E-state index is 12.1. The molecule has 0 aromatic heterocycles. The first-order chi connectivity index (χ1) is 11.5. The van der Waals surface area contributed by atoms with Crippen LogP contribution in [-0.4, -0.2) is 47.4 Å². The van der Waals surface area contributed by atoms with E-state index in [0.29, 0.717) is 0 Å². The number of amides is 3. The number of para-hydroxylation sites is 1. The number of hydrogen-bond acceptors (Lipinski definition) is 6. The smallest absolute Gasteiger partial charge is 0.276 e. The Kier molecular flexibility index (Phi) is 4.73. The Bertz CT molecular complexity index is 775. The first-order valence-corrected chi connectivity index (χ1v) is 7.70. The van der Waals surface area contributed by atoms with Gasteiger partial charge in [0.1, 0.15) is 11.4 Å². The molecule has 0 radical (unpaired) electrons. The molecule has 0 saturated heterocycles. The van der Waals surface area contributed by atoms with Gasteiger partial charge in [-0.25, -0.2) is 0 Å². The van der Waals surface area contributed by atoms with Gasteiger partial charge in [-0.1, -0.05) is 6.07 Å². The zero-order valence-electron chi connectivity index (χ0n) is 14.9. The molecule has 3 amide bonds. The minimum absolute atomic E-state index is 0.00956. The van der Waals surface area contributed by atoms with Crippen LogP contribution in [0.1, 0.15) is 31.1 Å². The summed E-state index contributed by atoms with van der Waals surface area (Å²) in [5, 5.41) is 18.3. The Morgan fingerprint density at radius 3 is 2.28 bits per heavy atom. The number of anilines is 1. The van der Waals surface area contributed by atoms with Crippen molar-refractivity contribution < 1.29 is 19.5 Å². The standard InChI is InChI=1S/C17H22N4O4/c1-17(2,3)20-12-11(14(23)19-15(12)24)18-10-8-6-7-9(13(10)22)16(25)21(4)5/h6-8,22H,1-5H3,(H3,18,19,20,23,24). The Morgan fingerprint density at radius 1 is 1.12 bits per heavy atom. The van der Waals surface area contributed by atoms with E-state index in [9.17, 15) is 19.5 Å². The fourth-order valence-electron chi connectivity index (χ4n) is 2.26. The number of imide groups is 1. The highest BCUT2D eigenvalue weighted by molar-refractivity contribution is 6.20. The molecule has 1 aliphatic heterocycles. The number of nitrogens with one attached hydrogen (secondary N) is 3. The van der Waals surface area contributed by atoms with Crippen molar-refractivity contribution in [3.05, 3.63) is 35.2 Å². The number of benzene rings is 1. The van der Waals surface area contributed by atoms with E-state index in [1.807, 2.05) is 20.8 Å². The highest BCUT2D eigenvalue weighted by Crippen LogP contribution is 2.30. The normalized spacial score (nSPS) is 14.4. The molecular formula is C17H22N4O4. The zero-order chi connectivity index (χ0) is 18.9. The van der Waals surface area contributed by atoms with Crippen molar-refractivity contribution in [2.24, 2.45) is 0 Å². The van der Waals surface area contributed by atoms with Gasteiger partial charge in [-0.3, -0.25) is 19.7 Å². The van der Waals surface area contributed by atoms with E-state index in [1.165, 1.54) is 17.0 Å². The van der Waals surface area contributed by atoms with Crippen LogP contribution in [0.4, 0.5) is 5.69 Å². The third-order valence-corrected chi connectivity index (χ3v) is 3.36. The van der Waals surface area contributed by atoms with Gasteiger partial charge < -0.3 is 20.6 Å². The summed E-state index contributed by atoms with van der Waals surface area (Å²) in [4.78, 5) is 37.5. The van der Waals surface area contributed by atoms with Crippen LogP contribution in [0.25, 0.3) is 0 Å². The van der Waals surface area contributed by atoms with Crippen molar-refractivity contribution in [1.82, 2.24) is 15.5 Å². The topological polar surface area (TPSA) is 111 Å². The van der Waals surface area contributed by atoms with Gasteiger partial charge in [-0.05, 0) is 32.9 Å². The lowest BCUT2D eigenvalue weighted by Gasteiger charge is -2.22. The van der Waals surface area contributed by atoms with Gasteiger partial charge in [0.25, 0.3) is 17.7 Å². The van der Waals surface area contributed by atoms with Crippen molar-refractivity contribution in [3.8, 4) is 5.75 Å². The van der Waals surface area contributed by atoms with Crippen molar-refractivity contribution in [2.45, 2.75) is 26.3 Å². The Labute approximate surface area is 145 Å². The molecule has 1 aromatic carbocycles. The van der Waals surface area contributed by atoms with E-state index in [4.69, 9.17) is 0 Å². The monoisotopic (exact) mass is 346 g/mol. The van der Waals surface area contributed by atoms with Crippen molar-refractivity contribution in [3.63, 3.8) is 0 Å². The molecule has 0 unspecified atom stereocenters. The minimum atomic E-state index is -0.611. The molecule has 134 valence electrons. The van der Waals surface area contributed by atoms with Crippen LogP contribution in [0, 0.1) is 0 Å². The summed E-state index contributed by atoms with van der Waals surface area (Å²) < 4.78 is 0. The number of nitrogens with zero attached hydrogens (tertiary/aromatic N) is 1. The molecule has 1 aromatic rings. The summed E-state index contributed by atoms with van der Waals surface area (Å²) in [6.45, 7) is 5.55. The molecule has 0 spiro atoms. The molecule has 25 heavy (non-hydrogen) atoms. The van der Waals surface area contributed by atoms with E-state index in [0.717, 1.165) is 0 Å². The average Bonchev–Trinajstić information content (AvgIpc) is 2.73. The van der Waals surface area contributed by atoms with E-state index in [-0.39, 0.29) is 34.3 Å². The van der Waals surface area contributed by atoms with Gasteiger partial charge in [0.2, 0.25) is 0 Å². The first kappa shape index (κ1) is 18.3. The average molecular weight is 346 g/mol. The molecule has 0 saturated carbocycles.